The van der Waals surface area contributed by atoms with Crippen molar-refractivity contribution in [3.63, 3.8) is 0 Å². The fraction of sp³-hybridized carbons (Fsp3) is 0.667. The van der Waals surface area contributed by atoms with E-state index in [1.165, 1.54) is 48.8 Å². The Kier molecular flexibility index (Phi) is 3.87. The van der Waals surface area contributed by atoms with E-state index in [4.69, 9.17) is 0 Å². The zero-order valence-corrected chi connectivity index (χ0v) is 12.9. The molecule has 0 saturated heterocycles. The molecule has 1 unspecified atom stereocenters. The van der Waals surface area contributed by atoms with Gasteiger partial charge < -0.3 is 10.0 Å². The zero-order chi connectivity index (χ0) is 14.2. The molecule has 1 aromatic rings. The van der Waals surface area contributed by atoms with Gasteiger partial charge in [-0.3, -0.25) is 0 Å². The summed E-state index contributed by atoms with van der Waals surface area (Å²) in [4.78, 5) is 2.26. The largest absolute Gasteiger partial charge is 0.391 e. The first-order chi connectivity index (χ1) is 9.62. The van der Waals surface area contributed by atoms with Crippen LogP contribution in [0.2, 0.25) is 0 Å². The monoisotopic (exact) mass is 273 g/mol. The molecule has 2 heteroatoms. The highest BCUT2D eigenvalue weighted by Gasteiger charge is 2.42. The third kappa shape index (κ3) is 2.40. The fourth-order valence-electron chi connectivity index (χ4n) is 4.23. The van der Waals surface area contributed by atoms with Crippen molar-refractivity contribution in [3.8, 4) is 0 Å². The van der Waals surface area contributed by atoms with Crippen molar-refractivity contribution in [2.75, 3.05) is 14.1 Å². The molecule has 1 saturated carbocycles. The second kappa shape index (κ2) is 5.50. The molecule has 0 aromatic heterocycles. The average molecular weight is 273 g/mol. The molecule has 1 N–H and O–H groups in total. The van der Waals surface area contributed by atoms with Gasteiger partial charge in [0.25, 0.3) is 0 Å². The number of benzene rings is 1. The summed E-state index contributed by atoms with van der Waals surface area (Å²) in [5, 5.41) is 10.8. The Balaban J connectivity index is 1.76. The Morgan fingerprint density at radius 3 is 2.50 bits per heavy atom. The van der Waals surface area contributed by atoms with E-state index < -0.39 is 0 Å². The molecule has 110 valence electrons. The van der Waals surface area contributed by atoms with Crippen LogP contribution in [0.25, 0.3) is 0 Å². The van der Waals surface area contributed by atoms with Crippen LogP contribution >= 0.6 is 0 Å². The first kappa shape index (κ1) is 14.1. The summed E-state index contributed by atoms with van der Waals surface area (Å²) < 4.78 is 0. The van der Waals surface area contributed by atoms with Crippen molar-refractivity contribution in [1.29, 1.82) is 0 Å². The van der Waals surface area contributed by atoms with E-state index in [1.807, 2.05) is 0 Å². The summed E-state index contributed by atoms with van der Waals surface area (Å²) >= 11 is 0. The molecule has 0 aliphatic heterocycles. The highest BCUT2D eigenvalue weighted by molar-refractivity contribution is 5.35. The number of fused-ring (bicyclic) bond motifs is 1. The number of likely N-dealkylation sites (N-methyl/N-ethyl adjacent to an activating group) is 1. The number of hydrogen-bond acceptors (Lipinski definition) is 2. The van der Waals surface area contributed by atoms with E-state index in [-0.39, 0.29) is 11.6 Å². The Hall–Kier alpha value is -0.860. The normalized spacial score (nSPS) is 22.2. The average Bonchev–Trinajstić information content (AvgIpc) is 3.07. The van der Waals surface area contributed by atoms with E-state index in [2.05, 4.69) is 37.2 Å². The van der Waals surface area contributed by atoms with Crippen LogP contribution in [-0.2, 0) is 19.3 Å². The van der Waals surface area contributed by atoms with Gasteiger partial charge in [0.1, 0.15) is 0 Å². The van der Waals surface area contributed by atoms with E-state index in [9.17, 15) is 5.11 Å². The quantitative estimate of drug-likeness (QED) is 0.911. The summed E-state index contributed by atoms with van der Waals surface area (Å²) in [6, 6.07) is 6.84. The van der Waals surface area contributed by atoms with Gasteiger partial charge in [0.05, 0.1) is 6.10 Å². The number of aliphatic hydroxyl groups excluding tert-OH is 1. The minimum absolute atomic E-state index is 0.000978. The Morgan fingerprint density at radius 2 is 1.80 bits per heavy atom. The van der Waals surface area contributed by atoms with Crippen molar-refractivity contribution in [2.45, 2.75) is 63.0 Å². The Bertz CT molecular complexity index is 474. The third-order valence-corrected chi connectivity index (χ3v) is 5.57. The van der Waals surface area contributed by atoms with E-state index in [0.717, 1.165) is 19.3 Å². The molecule has 20 heavy (non-hydrogen) atoms. The maximum atomic E-state index is 10.8. The van der Waals surface area contributed by atoms with Gasteiger partial charge in [-0.2, -0.15) is 0 Å². The van der Waals surface area contributed by atoms with E-state index >= 15 is 0 Å². The molecule has 3 rings (SSSR count). The van der Waals surface area contributed by atoms with Gasteiger partial charge in [0, 0.05) is 12.0 Å². The number of rotatable bonds is 4. The number of hydrogen-bond donors (Lipinski definition) is 1. The lowest BCUT2D eigenvalue weighted by molar-refractivity contribution is -0.00251. The number of nitrogens with zero attached hydrogens (tertiary/aromatic N) is 1. The van der Waals surface area contributed by atoms with Gasteiger partial charge in [0.15, 0.2) is 0 Å². The Morgan fingerprint density at radius 1 is 1.10 bits per heavy atom. The van der Waals surface area contributed by atoms with Gasteiger partial charge in [-0.15, -0.1) is 0 Å². The van der Waals surface area contributed by atoms with Crippen LogP contribution in [0.15, 0.2) is 18.2 Å². The van der Waals surface area contributed by atoms with Crippen LogP contribution in [0.5, 0.6) is 0 Å². The fourth-order valence-corrected chi connectivity index (χ4v) is 4.23. The lowest BCUT2D eigenvalue weighted by Gasteiger charge is -2.40. The summed E-state index contributed by atoms with van der Waals surface area (Å²) in [5.41, 5.74) is 4.34. The van der Waals surface area contributed by atoms with Crippen molar-refractivity contribution in [1.82, 2.24) is 4.90 Å². The second-order valence-electron chi connectivity index (χ2n) is 6.88. The van der Waals surface area contributed by atoms with Crippen LogP contribution in [0.1, 0.15) is 48.8 Å². The molecular weight excluding hydrogens is 246 g/mol. The van der Waals surface area contributed by atoms with Gasteiger partial charge in [0.2, 0.25) is 0 Å². The molecule has 0 heterocycles. The van der Waals surface area contributed by atoms with E-state index in [0.29, 0.717) is 0 Å². The van der Waals surface area contributed by atoms with Gasteiger partial charge in [-0.05, 0) is 62.9 Å². The zero-order valence-electron chi connectivity index (χ0n) is 12.9. The molecule has 0 amide bonds. The minimum Gasteiger partial charge on any atom is -0.391 e. The lowest BCUT2D eigenvalue weighted by atomic mass is 9.85. The summed E-state index contributed by atoms with van der Waals surface area (Å²) in [6.45, 7) is 0. The van der Waals surface area contributed by atoms with Gasteiger partial charge >= 0.3 is 0 Å². The summed E-state index contributed by atoms with van der Waals surface area (Å²) in [5.74, 6) is 0. The SMILES string of the molecule is CN(C)C1(C(O)Cc2ccc3c(c2)CCC3)CCCC1. The molecule has 0 spiro atoms. The first-order valence-corrected chi connectivity index (χ1v) is 8.08. The third-order valence-electron chi connectivity index (χ3n) is 5.57. The van der Waals surface area contributed by atoms with Crippen molar-refractivity contribution >= 4 is 0 Å². The van der Waals surface area contributed by atoms with Crippen LogP contribution < -0.4 is 0 Å². The predicted octanol–water partition coefficient (Wildman–Crippen LogP) is 2.95. The predicted molar refractivity (Wildman–Crippen MR) is 83.1 cm³/mol. The molecule has 1 aromatic carbocycles. The van der Waals surface area contributed by atoms with Crippen LogP contribution in [0.3, 0.4) is 0 Å². The van der Waals surface area contributed by atoms with Gasteiger partial charge in [-0.1, -0.05) is 31.0 Å². The van der Waals surface area contributed by atoms with Gasteiger partial charge in [-0.25, -0.2) is 0 Å². The molecule has 0 bridgehead atoms. The number of aliphatic hydroxyl groups is 1. The molecule has 0 radical (unpaired) electrons. The highest BCUT2D eigenvalue weighted by atomic mass is 16.3. The molecule has 1 atom stereocenters. The Labute approximate surface area is 122 Å². The van der Waals surface area contributed by atoms with Crippen LogP contribution in [0, 0.1) is 0 Å². The summed E-state index contributed by atoms with van der Waals surface area (Å²) in [6.07, 6.45) is 9.06. The number of aryl methyl sites for hydroxylation is 2. The lowest BCUT2D eigenvalue weighted by Crippen LogP contribution is -2.52. The van der Waals surface area contributed by atoms with Crippen molar-refractivity contribution in [2.24, 2.45) is 0 Å². The first-order valence-electron chi connectivity index (χ1n) is 8.08. The van der Waals surface area contributed by atoms with Crippen molar-refractivity contribution < 1.29 is 5.11 Å². The molecular formula is C18H27NO. The van der Waals surface area contributed by atoms with E-state index in [1.54, 1.807) is 0 Å². The minimum atomic E-state index is -0.251. The molecule has 2 aliphatic carbocycles. The second-order valence-corrected chi connectivity index (χ2v) is 6.88. The molecule has 2 aliphatic rings. The molecule has 1 fully saturated rings. The smallest absolute Gasteiger partial charge is 0.0763 e. The van der Waals surface area contributed by atoms with Crippen molar-refractivity contribution in [3.05, 3.63) is 34.9 Å². The summed E-state index contributed by atoms with van der Waals surface area (Å²) in [7, 11) is 4.24. The maximum absolute atomic E-state index is 10.8. The van der Waals surface area contributed by atoms with Crippen LogP contribution in [0.4, 0.5) is 0 Å². The molecule has 2 nitrogen and oxygen atoms in total. The highest BCUT2D eigenvalue weighted by Crippen LogP contribution is 2.38. The standard InChI is InChI=1S/C18H27NO/c1-19(2)18(10-3-4-11-18)17(20)13-14-8-9-15-6-5-7-16(15)12-14/h8-9,12,17,20H,3-7,10-11,13H2,1-2H3. The topological polar surface area (TPSA) is 23.5 Å². The maximum Gasteiger partial charge on any atom is 0.0763 e. The van der Waals surface area contributed by atoms with Crippen LogP contribution in [-0.4, -0.2) is 35.7 Å².